The fourth-order valence-corrected chi connectivity index (χ4v) is 2.64. The van der Waals surface area contributed by atoms with Gasteiger partial charge in [0.25, 0.3) is 0 Å². The number of oxazole rings is 1. The number of aromatic nitrogens is 1. The Hall–Kier alpha value is -2.16. The predicted octanol–water partition coefficient (Wildman–Crippen LogP) is 0.225. The molecule has 2 amide bonds. The first-order valence-corrected chi connectivity index (χ1v) is 7.52. The largest absolute Gasteiger partial charge is 0.423 e. The number of hydrogen-bond acceptors (Lipinski definition) is 6. The molecule has 1 aromatic carbocycles. The number of rotatable bonds is 4. The van der Waals surface area contributed by atoms with E-state index in [0.717, 1.165) is 0 Å². The zero-order valence-electron chi connectivity index (χ0n) is 12.1. The second kappa shape index (κ2) is 6.53. The van der Waals surface area contributed by atoms with Gasteiger partial charge in [-0.2, -0.15) is 4.98 Å². The van der Waals surface area contributed by atoms with Crippen LogP contribution in [0.25, 0.3) is 11.1 Å². The summed E-state index contributed by atoms with van der Waals surface area (Å²) in [6.07, 6.45) is 0.476. The van der Waals surface area contributed by atoms with Crippen molar-refractivity contribution < 1.29 is 14.0 Å². The second-order valence-corrected chi connectivity index (χ2v) is 5.72. The van der Waals surface area contributed by atoms with Crippen molar-refractivity contribution in [3.05, 3.63) is 23.2 Å². The van der Waals surface area contributed by atoms with Crippen LogP contribution in [-0.4, -0.2) is 42.0 Å². The summed E-state index contributed by atoms with van der Waals surface area (Å²) in [6.45, 7) is 0.436. The van der Waals surface area contributed by atoms with E-state index in [0.29, 0.717) is 29.1 Å². The lowest BCUT2D eigenvalue weighted by molar-refractivity contribution is -0.121. The first-order valence-electron chi connectivity index (χ1n) is 7.15. The van der Waals surface area contributed by atoms with Gasteiger partial charge in [-0.1, -0.05) is 11.6 Å². The van der Waals surface area contributed by atoms with Gasteiger partial charge in [-0.05, 0) is 24.6 Å². The Bertz CT molecular complexity index is 747. The van der Waals surface area contributed by atoms with Gasteiger partial charge in [-0.25, -0.2) is 0 Å². The number of nitrogens with two attached hydrogens (primary N) is 1. The maximum absolute atomic E-state index is 12.2. The zero-order chi connectivity index (χ0) is 16.4. The lowest BCUT2D eigenvalue weighted by Crippen LogP contribution is -2.39. The number of amides is 2. The molecule has 0 bridgehead atoms. The SMILES string of the molecule is NCC(=O)N[C@H]1CN[C@H](C(=O)Nc2nc3cc(Cl)ccc3o2)C1. The van der Waals surface area contributed by atoms with Crippen molar-refractivity contribution in [2.24, 2.45) is 5.73 Å². The molecule has 1 fully saturated rings. The van der Waals surface area contributed by atoms with E-state index < -0.39 is 6.04 Å². The maximum Gasteiger partial charge on any atom is 0.302 e. The van der Waals surface area contributed by atoms with Crippen molar-refractivity contribution in [3.8, 4) is 0 Å². The zero-order valence-corrected chi connectivity index (χ0v) is 12.9. The summed E-state index contributed by atoms with van der Waals surface area (Å²) >= 11 is 5.88. The molecule has 3 rings (SSSR count). The molecule has 2 heterocycles. The maximum atomic E-state index is 12.2. The highest BCUT2D eigenvalue weighted by Gasteiger charge is 2.30. The third-order valence-electron chi connectivity index (χ3n) is 3.58. The monoisotopic (exact) mass is 337 g/mol. The van der Waals surface area contributed by atoms with Crippen LogP contribution >= 0.6 is 11.6 Å². The van der Waals surface area contributed by atoms with E-state index in [1.165, 1.54) is 0 Å². The van der Waals surface area contributed by atoms with Crippen molar-refractivity contribution in [2.45, 2.75) is 18.5 Å². The topological polar surface area (TPSA) is 122 Å². The van der Waals surface area contributed by atoms with Crippen LogP contribution in [0.1, 0.15) is 6.42 Å². The molecule has 5 N–H and O–H groups in total. The van der Waals surface area contributed by atoms with E-state index in [-0.39, 0.29) is 30.4 Å². The Kier molecular flexibility index (Phi) is 4.46. The Balaban J connectivity index is 1.61. The molecule has 2 aromatic rings. The van der Waals surface area contributed by atoms with Gasteiger partial charge < -0.3 is 20.8 Å². The van der Waals surface area contributed by atoms with Gasteiger partial charge >= 0.3 is 6.01 Å². The number of carbonyl (C=O) groups is 2. The number of anilines is 1. The standard InChI is InChI=1S/C14H16ClN5O3/c15-7-1-2-11-9(3-7)19-14(23-11)20-13(22)10-4-8(6-17-10)18-12(21)5-16/h1-3,8,10,17H,4-6,16H2,(H,18,21)(H,19,20,22)/t8-,10+/m1/s1. The van der Waals surface area contributed by atoms with Crippen molar-refractivity contribution >= 4 is 40.5 Å². The number of fused-ring (bicyclic) bond motifs is 1. The van der Waals surface area contributed by atoms with Gasteiger partial charge in [-0.15, -0.1) is 0 Å². The van der Waals surface area contributed by atoms with Gasteiger partial charge in [0.05, 0.1) is 12.6 Å². The Morgan fingerprint density at radius 2 is 2.30 bits per heavy atom. The van der Waals surface area contributed by atoms with E-state index in [4.69, 9.17) is 21.8 Å². The number of nitrogens with zero attached hydrogens (tertiary/aromatic N) is 1. The quantitative estimate of drug-likeness (QED) is 0.633. The fourth-order valence-electron chi connectivity index (χ4n) is 2.48. The first kappa shape index (κ1) is 15.7. The highest BCUT2D eigenvalue weighted by Crippen LogP contribution is 2.22. The van der Waals surface area contributed by atoms with Crippen molar-refractivity contribution in [3.63, 3.8) is 0 Å². The summed E-state index contributed by atoms with van der Waals surface area (Å²) in [5.41, 5.74) is 6.36. The Labute approximate surface area is 136 Å². The van der Waals surface area contributed by atoms with Crippen molar-refractivity contribution in [1.29, 1.82) is 0 Å². The third kappa shape index (κ3) is 3.61. The van der Waals surface area contributed by atoms with Crippen LogP contribution in [0.15, 0.2) is 22.6 Å². The molecule has 1 aliphatic rings. The molecular weight excluding hydrogens is 322 g/mol. The summed E-state index contributed by atoms with van der Waals surface area (Å²) in [5, 5.41) is 8.95. The Morgan fingerprint density at radius 1 is 1.48 bits per heavy atom. The molecule has 0 aliphatic carbocycles. The van der Waals surface area contributed by atoms with Crippen LogP contribution < -0.4 is 21.7 Å². The van der Waals surface area contributed by atoms with Crippen LogP contribution in [0.5, 0.6) is 0 Å². The lowest BCUT2D eigenvalue weighted by atomic mass is 10.1. The molecule has 2 atom stereocenters. The number of benzene rings is 1. The minimum absolute atomic E-state index is 0.0706. The van der Waals surface area contributed by atoms with E-state index in [9.17, 15) is 9.59 Å². The summed E-state index contributed by atoms with van der Waals surface area (Å²) < 4.78 is 5.45. The van der Waals surface area contributed by atoms with Gasteiger partial charge in [0.1, 0.15) is 5.52 Å². The van der Waals surface area contributed by atoms with Gasteiger partial charge in [-0.3, -0.25) is 14.9 Å². The van der Waals surface area contributed by atoms with E-state index in [1.807, 2.05) is 0 Å². The number of nitrogens with one attached hydrogen (secondary N) is 3. The van der Waals surface area contributed by atoms with Crippen LogP contribution in [0, 0.1) is 0 Å². The van der Waals surface area contributed by atoms with Crippen LogP contribution in [0.3, 0.4) is 0 Å². The van der Waals surface area contributed by atoms with Crippen LogP contribution in [0.4, 0.5) is 6.01 Å². The summed E-state index contributed by atoms with van der Waals surface area (Å²) in [6, 6.07) is 4.59. The first-order chi connectivity index (χ1) is 11.0. The molecule has 23 heavy (non-hydrogen) atoms. The fraction of sp³-hybridized carbons (Fsp3) is 0.357. The molecule has 8 nitrogen and oxygen atoms in total. The molecule has 0 saturated carbocycles. The smallest absolute Gasteiger partial charge is 0.302 e. The molecule has 122 valence electrons. The second-order valence-electron chi connectivity index (χ2n) is 5.29. The lowest BCUT2D eigenvalue weighted by Gasteiger charge is -2.11. The summed E-state index contributed by atoms with van der Waals surface area (Å²) in [7, 11) is 0. The van der Waals surface area contributed by atoms with Gasteiger partial charge in [0, 0.05) is 17.6 Å². The average molecular weight is 338 g/mol. The van der Waals surface area contributed by atoms with Gasteiger partial charge in [0.2, 0.25) is 11.8 Å². The van der Waals surface area contributed by atoms with E-state index in [2.05, 4.69) is 20.9 Å². The third-order valence-corrected chi connectivity index (χ3v) is 3.81. The van der Waals surface area contributed by atoms with Gasteiger partial charge in [0.15, 0.2) is 5.58 Å². The molecule has 1 saturated heterocycles. The molecule has 9 heteroatoms. The van der Waals surface area contributed by atoms with E-state index >= 15 is 0 Å². The van der Waals surface area contributed by atoms with E-state index in [1.54, 1.807) is 18.2 Å². The van der Waals surface area contributed by atoms with Crippen molar-refractivity contribution in [1.82, 2.24) is 15.6 Å². The molecule has 1 aliphatic heterocycles. The number of halogens is 1. The number of hydrogen-bond donors (Lipinski definition) is 4. The minimum Gasteiger partial charge on any atom is -0.423 e. The summed E-state index contributed by atoms with van der Waals surface area (Å²) in [4.78, 5) is 27.7. The molecular formula is C14H16ClN5O3. The van der Waals surface area contributed by atoms with Crippen LogP contribution in [-0.2, 0) is 9.59 Å². The summed E-state index contributed by atoms with van der Waals surface area (Å²) in [5.74, 6) is -0.513. The van der Waals surface area contributed by atoms with Crippen LogP contribution in [0.2, 0.25) is 5.02 Å². The highest BCUT2D eigenvalue weighted by atomic mass is 35.5. The van der Waals surface area contributed by atoms with Crippen molar-refractivity contribution in [2.75, 3.05) is 18.4 Å². The normalized spacial score (nSPS) is 20.6. The highest BCUT2D eigenvalue weighted by molar-refractivity contribution is 6.31. The Morgan fingerprint density at radius 3 is 3.09 bits per heavy atom. The molecule has 0 radical (unpaired) electrons. The molecule has 1 aromatic heterocycles. The molecule has 0 spiro atoms. The predicted molar refractivity (Wildman–Crippen MR) is 85.0 cm³/mol. The number of carbonyl (C=O) groups excluding carboxylic acids is 2. The molecule has 0 unspecified atom stereocenters. The average Bonchev–Trinajstić information content (AvgIpc) is 3.13. The minimum atomic E-state index is -0.434.